The monoisotopic (exact) mass is 339 g/mol. The molecule has 0 unspecified atom stereocenters. The van der Waals surface area contributed by atoms with E-state index >= 15 is 0 Å². The van der Waals surface area contributed by atoms with Crippen molar-refractivity contribution in [3.63, 3.8) is 0 Å². The summed E-state index contributed by atoms with van der Waals surface area (Å²) in [5, 5.41) is 6.42. The number of hydrogen-bond acceptors (Lipinski definition) is 5. The molecule has 0 atom stereocenters. The third-order valence-electron chi connectivity index (χ3n) is 3.60. The molecule has 128 valence electrons. The number of aryl methyl sites for hydroxylation is 1. The summed E-state index contributed by atoms with van der Waals surface area (Å²) in [6.07, 6.45) is 1.49. The topological polar surface area (TPSA) is 89.0 Å². The summed E-state index contributed by atoms with van der Waals surface area (Å²) in [7, 11) is 0. The lowest BCUT2D eigenvalue weighted by Gasteiger charge is -2.06. The molecule has 7 nitrogen and oxygen atoms in total. The van der Waals surface area contributed by atoms with Gasteiger partial charge in [0.15, 0.2) is 11.5 Å². The molecule has 2 aromatic carbocycles. The van der Waals surface area contributed by atoms with Crippen LogP contribution in [0.5, 0.6) is 11.5 Å². The predicted molar refractivity (Wildman–Crippen MR) is 91.8 cm³/mol. The minimum Gasteiger partial charge on any atom is -0.454 e. The molecule has 2 N–H and O–H groups in total. The zero-order valence-corrected chi connectivity index (χ0v) is 13.6. The zero-order valence-electron chi connectivity index (χ0n) is 13.6. The number of carbonyl (C=O) groups is 2. The van der Waals surface area contributed by atoms with Crippen LogP contribution in [0.1, 0.15) is 21.5 Å². The first-order valence-corrected chi connectivity index (χ1v) is 7.69. The Balaban J connectivity index is 1.48. The average molecular weight is 339 g/mol. The first-order valence-electron chi connectivity index (χ1n) is 7.69. The van der Waals surface area contributed by atoms with Crippen molar-refractivity contribution in [3.8, 4) is 11.5 Å². The fourth-order valence-electron chi connectivity index (χ4n) is 2.30. The van der Waals surface area contributed by atoms with Crippen LogP contribution in [0.15, 0.2) is 47.6 Å². The van der Waals surface area contributed by atoms with E-state index in [1.54, 1.807) is 30.3 Å². The highest BCUT2D eigenvalue weighted by molar-refractivity contribution is 5.97. The summed E-state index contributed by atoms with van der Waals surface area (Å²) >= 11 is 0. The third-order valence-corrected chi connectivity index (χ3v) is 3.60. The lowest BCUT2D eigenvalue weighted by atomic mass is 10.1. The molecular formula is C18H17N3O4. The summed E-state index contributed by atoms with van der Waals surface area (Å²) in [6.45, 7) is 1.88. The Morgan fingerprint density at radius 1 is 1.16 bits per heavy atom. The third kappa shape index (κ3) is 4.14. The fraction of sp³-hybridized carbons (Fsp3) is 0.167. The number of ether oxygens (including phenoxy) is 2. The van der Waals surface area contributed by atoms with Crippen molar-refractivity contribution in [1.29, 1.82) is 0 Å². The second kappa shape index (κ2) is 7.48. The van der Waals surface area contributed by atoms with Crippen molar-refractivity contribution in [2.24, 2.45) is 5.10 Å². The van der Waals surface area contributed by atoms with Gasteiger partial charge in [-0.05, 0) is 42.3 Å². The van der Waals surface area contributed by atoms with Gasteiger partial charge in [0, 0.05) is 5.56 Å². The average Bonchev–Trinajstić information content (AvgIpc) is 3.08. The van der Waals surface area contributed by atoms with Gasteiger partial charge in [-0.25, -0.2) is 5.43 Å². The Kier molecular flexibility index (Phi) is 4.94. The molecule has 1 aliphatic heterocycles. The Hall–Kier alpha value is -3.35. The maximum Gasteiger partial charge on any atom is 0.259 e. The number of benzene rings is 2. The van der Waals surface area contributed by atoms with Crippen LogP contribution in [0.3, 0.4) is 0 Å². The van der Waals surface area contributed by atoms with Gasteiger partial charge in [-0.2, -0.15) is 5.10 Å². The number of fused-ring (bicyclic) bond motifs is 1. The fourth-order valence-corrected chi connectivity index (χ4v) is 2.30. The van der Waals surface area contributed by atoms with Crippen molar-refractivity contribution in [2.75, 3.05) is 13.3 Å². The molecule has 1 heterocycles. The van der Waals surface area contributed by atoms with Gasteiger partial charge in [0.1, 0.15) is 0 Å². The van der Waals surface area contributed by atoms with Gasteiger partial charge in [0.05, 0.1) is 12.8 Å². The van der Waals surface area contributed by atoms with Crippen molar-refractivity contribution in [2.45, 2.75) is 6.92 Å². The first kappa shape index (κ1) is 16.5. The van der Waals surface area contributed by atoms with Crippen LogP contribution < -0.4 is 20.2 Å². The molecular weight excluding hydrogens is 322 g/mol. The predicted octanol–water partition coefficient (Wildman–Crippen LogP) is 1.60. The lowest BCUT2D eigenvalue weighted by Crippen LogP contribution is -2.35. The maximum absolute atomic E-state index is 12.0. The maximum atomic E-state index is 12.0. The number of carbonyl (C=O) groups excluding carboxylic acids is 2. The van der Waals surface area contributed by atoms with E-state index in [-0.39, 0.29) is 19.2 Å². The highest BCUT2D eigenvalue weighted by atomic mass is 16.7. The van der Waals surface area contributed by atoms with Gasteiger partial charge in [-0.1, -0.05) is 18.2 Å². The minimum atomic E-state index is -0.418. The minimum absolute atomic E-state index is 0.161. The van der Waals surface area contributed by atoms with E-state index in [1.807, 2.05) is 19.1 Å². The first-order chi connectivity index (χ1) is 12.1. The van der Waals surface area contributed by atoms with Crippen molar-refractivity contribution in [1.82, 2.24) is 10.7 Å². The van der Waals surface area contributed by atoms with Gasteiger partial charge in [0.2, 0.25) is 6.79 Å². The number of nitrogens with one attached hydrogen (secondary N) is 2. The molecule has 0 aromatic heterocycles. The van der Waals surface area contributed by atoms with E-state index in [4.69, 9.17) is 9.47 Å². The molecule has 2 amide bonds. The number of nitrogens with zero attached hydrogens (tertiary/aromatic N) is 1. The molecule has 0 fully saturated rings. The molecule has 0 saturated carbocycles. The molecule has 3 rings (SSSR count). The van der Waals surface area contributed by atoms with E-state index in [9.17, 15) is 9.59 Å². The highest BCUT2D eigenvalue weighted by Gasteiger charge is 2.12. The second-order valence-electron chi connectivity index (χ2n) is 5.40. The summed E-state index contributed by atoms with van der Waals surface area (Å²) in [6, 6.07) is 12.5. The van der Waals surface area contributed by atoms with Crippen molar-refractivity contribution >= 4 is 18.0 Å². The normalized spacial score (nSPS) is 12.2. The smallest absolute Gasteiger partial charge is 0.259 e. The standard InChI is InChI=1S/C18H17N3O4/c1-12-4-2-3-5-14(12)18(23)19-10-17(22)21-20-9-13-6-7-15-16(8-13)25-11-24-15/h2-9H,10-11H2,1H3,(H,19,23)(H,21,22). The summed E-state index contributed by atoms with van der Waals surface area (Å²) in [5.41, 5.74) is 4.51. The van der Waals surface area contributed by atoms with Crippen LogP contribution in [-0.2, 0) is 4.79 Å². The summed E-state index contributed by atoms with van der Waals surface area (Å²) < 4.78 is 10.5. The second-order valence-corrected chi connectivity index (χ2v) is 5.40. The van der Waals surface area contributed by atoms with E-state index in [0.29, 0.717) is 17.1 Å². The van der Waals surface area contributed by atoms with Gasteiger partial charge >= 0.3 is 0 Å². The van der Waals surface area contributed by atoms with Crippen molar-refractivity contribution in [3.05, 3.63) is 59.2 Å². The number of amides is 2. The molecule has 0 radical (unpaired) electrons. The Morgan fingerprint density at radius 3 is 2.80 bits per heavy atom. The van der Waals surface area contributed by atoms with E-state index in [0.717, 1.165) is 11.1 Å². The Morgan fingerprint density at radius 2 is 1.96 bits per heavy atom. The van der Waals surface area contributed by atoms with Crippen LogP contribution in [0.25, 0.3) is 0 Å². The van der Waals surface area contributed by atoms with Gasteiger partial charge < -0.3 is 14.8 Å². The van der Waals surface area contributed by atoms with Crippen LogP contribution in [0.4, 0.5) is 0 Å². The number of hydrogen-bond donors (Lipinski definition) is 2. The van der Waals surface area contributed by atoms with Gasteiger partial charge in [-0.15, -0.1) is 0 Å². The van der Waals surface area contributed by atoms with E-state index in [2.05, 4.69) is 15.8 Å². The van der Waals surface area contributed by atoms with Crippen molar-refractivity contribution < 1.29 is 19.1 Å². The van der Waals surface area contributed by atoms with Crippen LogP contribution in [0.2, 0.25) is 0 Å². The van der Waals surface area contributed by atoms with E-state index < -0.39 is 5.91 Å². The largest absolute Gasteiger partial charge is 0.454 e. The molecule has 7 heteroatoms. The van der Waals surface area contributed by atoms with E-state index in [1.165, 1.54) is 6.21 Å². The molecule has 0 saturated heterocycles. The SMILES string of the molecule is Cc1ccccc1C(=O)NCC(=O)NN=Cc1ccc2c(c1)OCO2. The summed E-state index contributed by atoms with van der Waals surface area (Å²) in [5.74, 6) is 0.604. The van der Waals surface area contributed by atoms with Gasteiger partial charge in [-0.3, -0.25) is 9.59 Å². The Bertz CT molecular complexity index is 833. The molecule has 0 aliphatic carbocycles. The molecule has 0 spiro atoms. The molecule has 25 heavy (non-hydrogen) atoms. The number of hydrazone groups is 1. The highest BCUT2D eigenvalue weighted by Crippen LogP contribution is 2.31. The zero-order chi connectivity index (χ0) is 17.6. The lowest BCUT2D eigenvalue weighted by molar-refractivity contribution is -0.120. The quantitative estimate of drug-likeness (QED) is 0.640. The number of rotatable bonds is 5. The van der Waals surface area contributed by atoms with Crippen LogP contribution in [0, 0.1) is 6.92 Å². The molecule has 0 bridgehead atoms. The van der Waals surface area contributed by atoms with Crippen LogP contribution >= 0.6 is 0 Å². The molecule has 2 aromatic rings. The van der Waals surface area contributed by atoms with Gasteiger partial charge in [0.25, 0.3) is 11.8 Å². The Labute approximate surface area is 144 Å². The van der Waals surface area contributed by atoms with Crippen LogP contribution in [-0.4, -0.2) is 31.4 Å². The molecule has 1 aliphatic rings. The summed E-state index contributed by atoms with van der Waals surface area (Å²) in [4.78, 5) is 23.8.